The lowest BCUT2D eigenvalue weighted by Crippen LogP contribution is -2.31. The SMILES string of the molecule is CCN(Cc1cccc(Cl)c1)C(=O)Cc1ccccc1N. The highest BCUT2D eigenvalue weighted by atomic mass is 35.5. The molecule has 110 valence electrons. The molecule has 0 saturated carbocycles. The minimum atomic E-state index is 0.0652. The van der Waals surface area contributed by atoms with Crippen LogP contribution >= 0.6 is 11.6 Å². The zero-order chi connectivity index (χ0) is 15.2. The van der Waals surface area contributed by atoms with Gasteiger partial charge in [0, 0.05) is 23.8 Å². The van der Waals surface area contributed by atoms with Crippen molar-refractivity contribution in [2.24, 2.45) is 0 Å². The van der Waals surface area contributed by atoms with Gasteiger partial charge in [-0.05, 0) is 36.2 Å². The number of nitrogens with two attached hydrogens (primary N) is 1. The molecule has 4 heteroatoms. The van der Waals surface area contributed by atoms with E-state index in [1.54, 1.807) is 4.90 Å². The maximum absolute atomic E-state index is 12.4. The van der Waals surface area contributed by atoms with Gasteiger partial charge in [0.1, 0.15) is 0 Å². The van der Waals surface area contributed by atoms with Gasteiger partial charge in [-0.1, -0.05) is 41.9 Å². The number of carbonyl (C=O) groups excluding carboxylic acids is 1. The molecular formula is C17H19ClN2O. The predicted molar refractivity (Wildman–Crippen MR) is 87.1 cm³/mol. The molecule has 0 saturated heterocycles. The Labute approximate surface area is 130 Å². The van der Waals surface area contributed by atoms with Gasteiger partial charge < -0.3 is 10.6 Å². The molecule has 0 aliphatic rings. The van der Waals surface area contributed by atoms with Crippen molar-refractivity contribution in [1.82, 2.24) is 4.90 Å². The second-order valence-electron chi connectivity index (χ2n) is 4.91. The summed E-state index contributed by atoms with van der Waals surface area (Å²) in [5.41, 5.74) is 8.45. The van der Waals surface area contributed by atoms with Gasteiger partial charge in [0.15, 0.2) is 0 Å². The molecular weight excluding hydrogens is 284 g/mol. The fourth-order valence-corrected chi connectivity index (χ4v) is 2.41. The molecule has 0 atom stereocenters. The van der Waals surface area contributed by atoms with E-state index in [1.165, 1.54) is 0 Å². The van der Waals surface area contributed by atoms with Crippen molar-refractivity contribution in [3.8, 4) is 0 Å². The van der Waals surface area contributed by atoms with Crippen molar-refractivity contribution in [3.63, 3.8) is 0 Å². The van der Waals surface area contributed by atoms with Crippen molar-refractivity contribution in [2.75, 3.05) is 12.3 Å². The van der Waals surface area contributed by atoms with E-state index in [-0.39, 0.29) is 5.91 Å². The van der Waals surface area contributed by atoms with Crippen molar-refractivity contribution < 1.29 is 4.79 Å². The molecule has 2 aromatic carbocycles. The number of hydrogen-bond donors (Lipinski definition) is 1. The molecule has 21 heavy (non-hydrogen) atoms. The first kappa shape index (κ1) is 15.4. The number of rotatable bonds is 5. The number of benzene rings is 2. The number of hydrogen-bond acceptors (Lipinski definition) is 2. The summed E-state index contributed by atoms with van der Waals surface area (Å²) in [7, 11) is 0. The minimum Gasteiger partial charge on any atom is -0.398 e. The molecule has 2 aromatic rings. The van der Waals surface area contributed by atoms with Crippen LogP contribution < -0.4 is 5.73 Å². The average Bonchev–Trinajstić information content (AvgIpc) is 2.47. The average molecular weight is 303 g/mol. The Morgan fingerprint density at radius 1 is 1.19 bits per heavy atom. The van der Waals surface area contributed by atoms with E-state index in [4.69, 9.17) is 17.3 Å². The monoisotopic (exact) mass is 302 g/mol. The summed E-state index contributed by atoms with van der Waals surface area (Å²) < 4.78 is 0. The highest BCUT2D eigenvalue weighted by molar-refractivity contribution is 6.30. The van der Waals surface area contributed by atoms with Gasteiger partial charge in [-0.15, -0.1) is 0 Å². The Morgan fingerprint density at radius 3 is 2.62 bits per heavy atom. The number of halogens is 1. The third kappa shape index (κ3) is 4.23. The Hall–Kier alpha value is -2.00. The molecule has 0 spiro atoms. The molecule has 0 radical (unpaired) electrons. The Bertz CT molecular complexity index is 628. The summed E-state index contributed by atoms with van der Waals surface area (Å²) in [6.45, 7) is 3.18. The van der Waals surface area contributed by atoms with Crippen molar-refractivity contribution in [1.29, 1.82) is 0 Å². The lowest BCUT2D eigenvalue weighted by atomic mass is 10.1. The molecule has 0 aromatic heterocycles. The van der Waals surface area contributed by atoms with E-state index in [0.29, 0.717) is 30.2 Å². The van der Waals surface area contributed by atoms with E-state index in [2.05, 4.69) is 0 Å². The van der Waals surface area contributed by atoms with Crippen LogP contribution in [-0.2, 0) is 17.8 Å². The zero-order valence-electron chi connectivity index (χ0n) is 12.1. The summed E-state index contributed by atoms with van der Waals surface area (Å²) in [5.74, 6) is 0.0652. The van der Waals surface area contributed by atoms with Crippen molar-refractivity contribution in [3.05, 3.63) is 64.7 Å². The van der Waals surface area contributed by atoms with Crippen LogP contribution in [0.5, 0.6) is 0 Å². The van der Waals surface area contributed by atoms with Gasteiger partial charge in [-0.2, -0.15) is 0 Å². The quantitative estimate of drug-likeness (QED) is 0.859. The fraction of sp³-hybridized carbons (Fsp3) is 0.235. The standard InChI is InChI=1S/C17H19ClN2O/c1-2-20(12-13-6-5-8-15(18)10-13)17(21)11-14-7-3-4-9-16(14)19/h3-10H,2,11-12,19H2,1H3. The Balaban J connectivity index is 2.07. The third-order valence-electron chi connectivity index (χ3n) is 3.39. The lowest BCUT2D eigenvalue weighted by molar-refractivity contribution is -0.130. The molecule has 0 fully saturated rings. The zero-order valence-corrected chi connectivity index (χ0v) is 12.8. The first-order valence-electron chi connectivity index (χ1n) is 6.95. The largest absolute Gasteiger partial charge is 0.398 e. The van der Waals surface area contributed by atoms with Gasteiger partial charge in [-0.25, -0.2) is 0 Å². The molecule has 0 aliphatic carbocycles. The van der Waals surface area contributed by atoms with E-state index in [0.717, 1.165) is 11.1 Å². The van der Waals surface area contributed by atoms with Crippen LogP contribution in [0.15, 0.2) is 48.5 Å². The summed E-state index contributed by atoms with van der Waals surface area (Å²) in [6.07, 6.45) is 0.321. The van der Waals surface area contributed by atoms with Crippen LogP contribution in [0.1, 0.15) is 18.1 Å². The molecule has 1 amide bonds. The number of likely N-dealkylation sites (N-methyl/N-ethyl adjacent to an activating group) is 1. The number of anilines is 1. The maximum atomic E-state index is 12.4. The van der Waals surface area contributed by atoms with Gasteiger partial charge in [0.25, 0.3) is 0 Å². The van der Waals surface area contributed by atoms with Gasteiger partial charge in [0.05, 0.1) is 6.42 Å². The summed E-state index contributed by atoms with van der Waals surface area (Å²) in [6, 6.07) is 15.0. The summed E-state index contributed by atoms with van der Waals surface area (Å²) in [5, 5.41) is 0.684. The van der Waals surface area contributed by atoms with E-state index in [9.17, 15) is 4.79 Å². The molecule has 3 nitrogen and oxygen atoms in total. The van der Waals surface area contributed by atoms with Crippen LogP contribution in [0.4, 0.5) is 5.69 Å². The van der Waals surface area contributed by atoms with Crippen molar-refractivity contribution in [2.45, 2.75) is 19.9 Å². The molecule has 0 aliphatic heterocycles. The normalized spacial score (nSPS) is 10.4. The van der Waals surface area contributed by atoms with Crippen LogP contribution in [0.25, 0.3) is 0 Å². The van der Waals surface area contributed by atoms with E-state index < -0.39 is 0 Å². The molecule has 0 unspecified atom stereocenters. The predicted octanol–water partition coefficient (Wildman–Crippen LogP) is 3.51. The highest BCUT2D eigenvalue weighted by Gasteiger charge is 2.14. The van der Waals surface area contributed by atoms with Gasteiger partial charge in [0.2, 0.25) is 5.91 Å². The van der Waals surface area contributed by atoms with Gasteiger partial charge in [-0.3, -0.25) is 4.79 Å². The second-order valence-corrected chi connectivity index (χ2v) is 5.35. The minimum absolute atomic E-state index is 0.0652. The van der Waals surface area contributed by atoms with Crippen LogP contribution in [0.2, 0.25) is 5.02 Å². The molecule has 0 heterocycles. The highest BCUT2D eigenvalue weighted by Crippen LogP contribution is 2.15. The Kier molecular flexibility index (Phi) is 5.23. The van der Waals surface area contributed by atoms with Crippen LogP contribution in [0, 0.1) is 0 Å². The third-order valence-corrected chi connectivity index (χ3v) is 3.63. The second kappa shape index (κ2) is 7.14. The lowest BCUT2D eigenvalue weighted by Gasteiger charge is -2.21. The number of amides is 1. The molecule has 2 rings (SSSR count). The summed E-state index contributed by atoms with van der Waals surface area (Å²) >= 11 is 5.98. The number of carbonyl (C=O) groups is 1. The maximum Gasteiger partial charge on any atom is 0.227 e. The van der Waals surface area contributed by atoms with Crippen LogP contribution in [-0.4, -0.2) is 17.4 Å². The first-order chi connectivity index (χ1) is 10.1. The van der Waals surface area contributed by atoms with Crippen molar-refractivity contribution >= 4 is 23.2 Å². The number of para-hydroxylation sites is 1. The molecule has 0 bridgehead atoms. The smallest absolute Gasteiger partial charge is 0.227 e. The van der Waals surface area contributed by atoms with E-state index >= 15 is 0 Å². The van der Waals surface area contributed by atoms with Gasteiger partial charge >= 0.3 is 0 Å². The molecule has 2 N–H and O–H groups in total. The first-order valence-corrected chi connectivity index (χ1v) is 7.33. The number of nitrogens with zero attached hydrogens (tertiary/aromatic N) is 1. The number of nitrogen functional groups attached to an aromatic ring is 1. The fourth-order valence-electron chi connectivity index (χ4n) is 2.20. The Morgan fingerprint density at radius 2 is 1.95 bits per heavy atom. The van der Waals surface area contributed by atoms with E-state index in [1.807, 2.05) is 55.5 Å². The van der Waals surface area contributed by atoms with Crippen LogP contribution in [0.3, 0.4) is 0 Å². The topological polar surface area (TPSA) is 46.3 Å². The summed E-state index contributed by atoms with van der Waals surface area (Å²) in [4.78, 5) is 14.2.